The Bertz CT molecular complexity index is 904. The number of carbonyl (C=O) groups excluding carboxylic acids is 1. The summed E-state index contributed by atoms with van der Waals surface area (Å²) in [6.07, 6.45) is 1.29. The van der Waals surface area contributed by atoms with Gasteiger partial charge >= 0.3 is 0 Å². The number of nitrogens with zero attached hydrogens (tertiary/aromatic N) is 3. The largest absolute Gasteiger partial charge is 0.423 e. The molecule has 0 saturated carbocycles. The minimum atomic E-state index is 0.0638. The third-order valence-electron chi connectivity index (χ3n) is 4.84. The third-order valence-corrected chi connectivity index (χ3v) is 5.07. The molecule has 6 nitrogen and oxygen atoms in total. The van der Waals surface area contributed by atoms with E-state index in [1.807, 2.05) is 47.4 Å². The fraction of sp³-hybridized carbons (Fsp3) is 0.250. The molecule has 1 saturated heterocycles. The van der Waals surface area contributed by atoms with Crippen LogP contribution in [0.3, 0.4) is 0 Å². The van der Waals surface area contributed by atoms with Gasteiger partial charge in [-0.2, -0.15) is 0 Å². The van der Waals surface area contributed by atoms with Crippen LogP contribution in [-0.4, -0.2) is 47.2 Å². The van der Waals surface area contributed by atoms with Crippen LogP contribution >= 0.6 is 11.6 Å². The van der Waals surface area contributed by atoms with E-state index in [0.29, 0.717) is 11.5 Å². The van der Waals surface area contributed by atoms with E-state index in [9.17, 15) is 4.79 Å². The molecule has 1 amide bonds. The number of piperazine rings is 1. The normalized spacial score (nSPS) is 15.1. The van der Waals surface area contributed by atoms with Crippen molar-refractivity contribution in [3.8, 4) is 11.5 Å². The van der Waals surface area contributed by atoms with Crippen molar-refractivity contribution >= 4 is 17.5 Å². The second-order valence-corrected chi connectivity index (χ2v) is 7.11. The molecule has 7 heteroatoms. The van der Waals surface area contributed by atoms with Crippen molar-refractivity contribution in [1.82, 2.24) is 15.1 Å². The molecule has 3 aromatic rings. The number of quaternary nitrogens is 1. The van der Waals surface area contributed by atoms with Crippen LogP contribution < -0.4 is 4.90 Å². The van der Waals surface area contributed by atoms with Crippen molar-refractivity contribution in [2.45, 2.75) is 6.54 Å². The summed E-state index contributed by atoms with van der Waals surface area (Å²) in [5, 5.41) is 8.31. The Hall–Kier alpha value is -2.70. The van der Waals surface area contributed by atoms with E-state index in [4.69, 9.17) is 16.0 Å². The fourth-order valence-electron chi connectivity index (χ4n) is 3.38. The van der Waals surface area contributed by atoms with E-state index in [0.717, 1.165) is 43.3 Å². The van der Waals surface area contributed by atoms with Gasteiger partial charge in [-0.05, 0) is 36.4 Å². The maximum atomic E-state index is 12.8. The lowest BCUT2D eigenvalue weighted by molar-refractivity contribution is -0.917. The van der Waals surface area contributed by atoms with E-state index >= 15 is 0 Å². The topological polar surface area (TPSA) is 63.7 Å². The van der Waals surface area contributed by atoms with Crippen molar-refractivity contribution in [2.24, 2.45) is 0 Å². The zero-order valence-corrected chi connectivity index (χ0v) is 15.5. The second kappa shape index (κ2) is 7.90. The van der Waals surface area contributed by atoms with Gasteiger partial charge in [0.05, 0.1) is 26.2 Å². The van der Waals surface area contributed by atoms with Gasteiger partial charge in [-0.1, -0.05) is 23.7 Å². The van der Waals surface area contributed by atoms with Crippen LogP contribution in [0.5, 0.6) is 0 Å². The van der Waals surface area contributed by atoms with Crippen LogP contribution in [0.4, 0.5) is 0 Å². The first-order valence-corrected chi connectivity index (χ1v) is 9.31. The molecule has 0 atom stereocenters. The Morgan fingerprint density at radius 3 is 2.59 bits per heavy atom. The van der Waals surface area contributed by atoms with Gasteiger partial charge in [0.25, 0.3) is 5.91 Å². The van der Waals surface area contributed by atoms with Crippen molar-refractivity contribution < 1.29 is 14.1 Å². The summed E-state index contributed by atoms with van der Waals surface area (Å²) in [7, 11) is 0. The second-order valence-electron chi connectivity index (χ2n) is 6.67. The van der Waals surface area contributed by atoms with E-state index < -0.39 is 0 Å². The number of hydrogen-bond acceptors (Lipinski definition) is 4. The van der Waals surface area contributed by atoms with Crippen LogP contribution in [0.15, 0.2) is 59.3 Å². The lowest BCUT2D eigenvalue weighted by atomic mass is 10.1. The highest BCUT2D eigenvalue weighted by Crippen LogP contribution is 2.17. The van der Waals surface area contributed by atoms with Crippen molar-refractivity contribution in [2.75, 3.05) is 26.2 Å². The molecule has 2 aromatic carbocycles. The highest BCUT2D eigenvalue weighted by molar-refractivity contribution is 6.30. The van der Waals surface area contributed by atoms with Gasteiger partial charge in [0, 0.05) is 21.7 Å². The van der Waals surface area contributed by atoms with Crippen LogP contribution in [0.25, 0.3) is 11.5 Å². The molecule has 0 radical (unpaired) electrons. The van der Waals surface area contributed by atoms with Gasteiger partial charge < -0.3 is 14.2 Å². The maximum Gasteiger partial charge on any atom is 0.254 e. The van der Waals surface area contributed by atoms with Crippen molar-refractivity contribution in [1.29, 1.82) is 0 Å². The van der Waals surface area contributed by atoms with E-state index in [1.54, 1.807) is 0 Å². The summed E-state index contributed by atoms with van der Waals surface area (Å²) in [6, 6.07) is 15.3. The minimum Gasteiger partial charge on any atom is -0.423 e. The molecule has 0 unspecified atom stereocenters. The first-order chi connectivity index (χ1) is 13.2. The Balaban J connectivity index is 1.34. The maximum absolute atomic E-state index is 12.8. The lowest BCUT2D eigenvalue weighted by Crippen LogP contribution is -3.13. The Kier molecular flexibility index (Phi) is 5.18. The highest BCUT2D eigenvalue weighted by atomic mass is 35.5. The fourth-order valence-corrected chi connectivity index (χ4v) is 3.59. The summed E-state index contributed by atoms with van der Waals surface area (Å²) in [5.74, 6) is 0.515. The zero-order valence-electron chi connectivity index (χ0n) is 14.8. The number of hydrogen-bond donors (Lipinski definition) is 1. The molecular formula is C20H20ClN4O2+. The van der Waals surface area contributed by atoms with Crippen molar-refractivity contribution in [3.05, 3.63) is 71.1 Å². The van der Waals surface area contributed by atoms with Crippen molar-refractivity contribution in [3.63, 3.8) is 0 Å². The van der Waals surface area contributed by atoms with Gasteiger partial charge in [0.2, 0.25) is 12.3 Å². The number of halogens is 1. The molecule has 4 rings (SSSR count). The quantitative estimate of drug-likeness (QED) is 0.747. The lowest BCUT2D eigenvalue weighted by Gasteiger charge is -2.32. The average Bonchev–Trinajstić information content (AvgIpc) is 3.23. The van der Waals surface area contributed by atoms with Gasteiger partial charge in [-0.3, -0.25) is 4.79 Å². The van der Waals surface area contributed by atoms with Gasteiger partial charge in [-0.15, -0.1) is 10.2 Å². The Labute approximate surface area is 162 Å². The van der Waals surface area contributed by atoms with Gasteiger partial charge in [0.15, 0.2) is 0 Å². The van der Waals surface area contributed by atoms with Gasteiger partial charge in [0.1, 0.15) is 6.54 Å². The first-order valence-electron chi connectivity index (χ1n) is 8.93. The molecule has 1 fully saturated rings. The number of amides is 1. The minimum absolute atomic E-state index is 0.0638. The molecule has 27 heavy (non-hydrogen) atoms. The summed E-state index contributed by atoms with van der Waals surface area (Å²) in [5.41, 5.74) is 2.71. The molecule has 1 aliphatic rings. The molecule has 2 heterocycles. The van der Waals surface area contributed by atoms with Crippen LogP contribution in [0.2, 0.25) is 5.02 Å². The number of carbonyl (C=O) groups is 1. The molecule has 0 spiro atoms. The first kappa shape index (κ1) is 17.7. The van der Waals surface area contributed by atoms with E-state index in [1.165, 1.54) is 16.9 Å². The molecule has 0 aliphatic carbocycles. The predicted molar refractivity (Wildman–Crippen MR) is 101 cm³/mol. The number of rotatable bonds is 4. The smallest absolute Gasteiger partial charge is 0.254 e. The number of aromatic nitrogens is 2. The average molecular weight is 384 g/mol. The molecular weight excluding hydrogens is 364 g/mol. The monoisotopic (exact) mass is 383 g/mol. The number of nitrogens with one attached hydrogen (secondary N) is 1. The molecule has 1 N–H and O–H groups in total. The Morgan fingerprint density at radius 2 is 1.93 bits per heavy atom. The van der Waals surface area contributed by atoms with Crippen LogP contribution in [0, 0.1) is 0 Å². The molecule has 0 bridgehead atoms. The summed E-state index contributed by atoms with van der Waals surface area (Å²) >= 11 is 6.06. The third kappa shape index (κ3) is 4.18. The molecule has 1 aromatic heterocycles. The molecule has 138 valence electrons. The summed E-state index contributed by atoms with van der Waals surface area (Å²) in [4.78, 5) is 16.1. The summed E-state index contributed by atoms with van der Waals surface area (Å²) in [6.45, 7) is 4.29. The van der Waals surface area contributed by atoms with Crippen LogP contribution in [0.1, 0.15) is 15.9 Å². The number of benzene rings is 2. The zero-order chi connectivity index (χ0) is 18.6. The van der Waals surface area contributed by atoms with Crippen LogP contribution in [-0.2, 0) is 6.54 Å². The standard InChI is InChI=1S/C20H19ClN4O2/c21-18-3-1-2-15(12-18)13-24-8-10-25(11-9-24)20(26)17-6-4-16(5-7-17)19-23-22-14-27-19/h1-7,12,14H,8-11,13H2/p+1. The molecule has 1 aliphatic heterocycles. The summed E-state index contributed by atoms with van der Waals surface area (Å²) < 4.78 is 5.18. The van der Waals surface area contributed by atoms with E-state index in [-0.39, 0.29) is 5.91 Å². The highest BCUT2D eigenvalue weighted by Gasteiger charge is 2.24. The Morgan fingerprint density at radius 1 is 1.15 bits per heavy atom. The predicted octanol–water partition coefficient (Wildman–Crippen LogP) is 1.93. The van der Waals surface area contributed by atoms with Gasteiger partial charge in [-0.25, -0.2) is 0 Å². The SMILES string of the molecule is O=C(c1ccc(-c2nnco2)cc1)N1CC[NH+](Cc2cccc(Cl)c2)CC1. The van der Waals surface area contributed by atoms with E-state index in [2.05, 4.69) is 16.3 Å².